The van der Waals surface area contributed by atoms with E-state index in [0.29, 0.717) is 10.8 Å². The van der Waals surface area contributed by atoms with Crippen LogP contribution < -0.4 is 10.5 Å². The predicted octanol–water partition coefficient (Wildman–Crippen LogP) is 1.97. The van der Waals surface area contributed by atoms with E-state index in [1.165, 1.54) is 11.3 Å². The van der Waals surface area contributed by atoms with Crippen LogP contribution in [0.25, 0.3) is 10.6 Å². The topological polar surface area (TPSA) is 78.1 Å². The molecule has 2 N–H and O–H groups in total. The lowest BCUT2D eigenvalue weighted by Crippen LogP contribution is -2.15. The van der Waals surface area contributed by atoms with Gasteiger partial charge >= 0.3 is 6.09 Å². The van der Waals surface area contributed by atoms with E-state index in [9.17, 15) is 4.79 Å². The van der Waals surface area contributed by atoms with Gasteiger partial charge in [-0.15, -0.1) is 0 Å². The van der Waals surface area contributed by atoms with Crippen LogP contribution in [0.5, 0.6) is 5.06 Å². The lowest BCUT2D eigenvalue weighted by atomic mass is 10.3. The highest BCUT2D eigenvalue weighted by Crippen LogP contribution is 2.32. The van der Waals surface area contributed by atoms with Crippen LogP contribution in [-0.2, 0) is 0 Å². The average Bonchev–Trinajstić information content (AvgIpc) is 2.61. The smallest absolute Gasteiger partial charge is 0.397 e. The van der Waals surface area contributed by atoms with E-state index in [2.05, 4.69) is 9.97 Å². The van der Waals surface area contributed by atoms with Crippen LogP contribution in [0.2, 0.25) is 0 Å². The molecule has 0 aliphatic rings. The zero-order valence-electron chi connectivity index (χ0n) is 8.51. The Bertz CT molecular complexity index is 510. The minimum absolute atomic E-state index is 0.423. The van der Waals surface area contributed by atoms with Crippen molar-refractivity contribution < 1.29 is 9.53 Å². The molecule has 0 aliphatic heterocycles. The molecule has 0 saturated heterocycles. The van der Waals surface area contributed by atoms with Gasteiger partial charge < -0.3 is 10.5 Å². The number of carbonyl (C=O) groups is 1. The third kappa shape index (κ3) is 2.17. The summed E-state index contributed by atoms with van der Waals surface area (Å²) in [5.74, 6) is 0. The van der Waals surface area contributed by atoms with Crippen LogP contribution in [0.3, 0.4) is 0 Å². The first kappa shape index (κ1) is 10.6. The molecular formula is C10H9N3O2S. The lowest BCUT2D eigenvalue weighted by Gasteiger charge is -1.94. The number of hydrogen-bond acceptors (Lipinski definition) is 5. The third-order valence-electron chi connectivity index (χ3n) is 1.86. The summed E-state index contributed by atoms with van der Waals surface area (Å²) in [4.78, 5) is 18.9. The Kier molecular flexibility index (Phi) is 2.82. The summed E-state index contributed by atoms with van der Waals surface area (Å²) in [6, 6.07) is 3.71. The van der Waals surface area contributed by atoms with Crippen molar-refractivity contribution in [2.75, 3.05) is 0 Å². The Morgan fingerprint density at radius 2 is 2.38 bits per heavy atom. The fourth-order valence-electron chi connectivity index (χ4n) is 1.18. The van der Waals surface area contributed by atoms with Gasteiger partial charge in [0.15, 0.2) is 0 Å². The van der Waals surface area contributed by atoms with Crippen molar-refractivity contribution in [3.8, 4) is 15.6 Å². The largest absolute Gasteiger partial charge is 0.410 e. The lowest BCUT2D eigenvalue weighted by molar-refractivity contribution is 0.212. The molecule has 0 atom stereocenters. The number of amides is 1. The number of thiazole rings is 1. The minimum atomic E-state index is -0.829. The minimum Gasteiger partial charge on any atom is -0.397 e. The molecule has 0 spiro atoms. The molecule has 0 unspecified atom stereocenters. The zero-order chi connectivity index (χ0) is 11.5. The number of aromatic nitrogens is 2. The molecule has 2 heterocycles. The molecule has 0 aliphatic carbocycles. The number of hydrogen-bond donors (Lipinski definition) is 1. The van der Waals surface area contributed by atoms with Gasteiger partial charge in [0.25, 0.3) is 0 Å². The van der Waals surface area contributed by atoms with Crippen molar-refractivity contribution in [1.29, 1.82) is 0 Å². The fraction of sp³-hybridized carbons (Fsp3) is 0.100. The van der Waals surface area contributed by atoms with Gasteiger partial charge in [-0.25, -0.2) is 9.78 Å². The van der Waals surface area contributed by atoms with Gasteiger partial charge in [-0.05, 0) is 19.1 Å². The summed E-state index contributed by atoms with van der Waals surface area (Å²) in [6.07, 6.45) is 2.56. The summed E-state index contributed by atoms with van der Waals surface area (Å²) in [5, 5.41) is 1.17. The van der Waals surface area contributed by atoms with Crippen molar-refractivity contribution in [2.24, 2.45) is 5.73 Å². The molecule has 2 aromatic heterocycles. The Morgan fingerprint density at radius 1 is 1.56 bits per heavy atom. The van der Waals surface area contributed by atoms with E-state index in [-0.39, 0.29) is 0 Å². The van der Waals surface area contributed by atoms with E-state index in [1.807, 2.05) is 12.1 Å². The van der Waals surface area contributed by atoms with Crippen molar-refractivity contribution in [3.63, 3.8) is 0 Å². The van der Waals surface area contributed by atoms with Gasteiger partial charge in [0.2, 0.25) is 5.06 Å². The first-order valence-corrected chi connectivity index (χ1v) is 5.33. The standard InChI is InChI=1S/C10H9N3O2S/c1-6-9(15-10(11)14)16-8(13-6)7-3-2-4-12-5-7/h2-5H,1H3,(H2,11,14). The molecule has 0 radical (unpaired) electrons. The molecule has 16 heavy (non-hydrogen) atoms. The monoisotopic (exact) mass is 235 g/mol. The number of primary amides is 1. The van der Waals surface area contributed by atoms with Gasteiger partial charge in [0.05, 0.1) is 5.69 Å². The molecule has 82 valence electrons. The van der Waals surface area contributed by atoms with E-state index < -0.39 is 6.09 Å². The third-order valence-corrected chi connectivity index (χ3v) is 2.94. The maximum Gasteiger partial charge on any atom is 0.410 e. The second kappa shape index (κ2) is 4.28. The quantitative estimate of drug-likeness (QED) is 0.863. The maximum atomic E-state index is 10.6. The molecule has 2 rings (SSSR count). The number of carbonyl (C=O) groups excluding carboxylic acids is 1. The van der Waals surface area contributed by atoms with E-state index in [0.717, 1.165) is 10.6 Å². The molecule has 0 bridgehead atoms. The Labute approximate surface area is 95.9 Å². The molecule has 5 nitrogen and oxygen atoms in total. The Balaban J connectivity index is 2.34. The number of ether oxygens (including phenoxy) is 1. The van der Waals surface area contributed by atoms with Crippen LogP contribution in [0.1, 0.15) is 5.69 Å². The van der Waals surface area contributed by atoms with Crippen LogP contribution in [0.15, 0.2) is 24.5 Å². The summed E-state index contributed by atoms with van der Waals surface area (Å²) < 4.78 is 4.82. The van der Waals surface area contributed by atoms with E-state index in [4.69, 9.17) is 10.5 Å². The number of aryl methyl sites for hydroxylation is 1. The van der Waals surface area contributed by atoms with Gasteiger partial charge in [0, 0.05) is 18.0 Å². The molecular weight excluding hydrogens is 226 g/mol. The Hall–Kier alpha value is -1.95. The van der Waals surface area contributed by atoms with Gasteiger partial charge in [-0.1, -0.05) is 11.3 Å². The van der Waals surface area contributed by atoms with Crippen LogP contribution >= 0.6 is 11.3 Å². The number of rotatable bonds is 2. The Morgan fingerprint density at radius 3 is 3.00 bits per heavy atom. The van der Waals surface area contributed by atoms with Crippen molar-refractivity contribution in [2.45, 2.75) is 6.92 Å². The molecule has 1 amide bonds. The molecule has 2 aromatic rings. The molecule has 0 fully saturated rings. The summed E-state index contributed by atoms with van der Waals surface area (Å²) in [7, 11) is 0. The molecule has 0 aromatic carbocycles. The highest BCUT2D eigenvalue weighted by atomic mass is 32.1. The van der Waals surface area contributed by atoms with Gasteiger partial charge in [-0.2, -0.15) is 0 Å². The van der Waals surface area contributed by atoms with Crippen molar-refractivity contribution >= 4 is 17.4 Å². The first-order chi connectivity index (χ1) is 7.66. The maximum absolute atomic E-state index is 10.6. The summed E-state index contributed by atoms with van der Waals surface area (Å²) in [6.45, 7) is 1.76. The second-order valence-electron chi connectivity index (χ2n) is 3.05. The normalized spacial score (nSPS) is 10.1. The van der Waals surface area contributed by atoms with Crippen molar-refractivity contribution in [3.05, 3.63) is 30.2 Å². The predicted molar refractivity (Wildman–Crippen MR) is 60.3 cm³/mol. The van der Waals surface area contributed by atoms with E-state index >= 15 is 0 Å². The van der Waals surface area contributed by atoms with Crippen LogP contribution in [0.4, 0.5) is 4.79 Å². The first-order valence-electron chi connectivity index (χ1n) is 4.52. The summed E-state index contributed by atoms with van der Waals surface area (Å²) in [5.41, 5.74) is 6.47. The van der Waals surface area contributed by atoms with Crippen molar-refractivity contribution in [1.82, 2.24) is 9.97 Å². The second-order valence-corrected chi connectivity index (χ2v) is 4.02. The van der Waals surface area contributed by atoms with Gasteiger partial charge in [0.1, 0.15) is 5.01 Å². The SMILES string of the molecule is Cc1nc(-c2cccnc2)sc1OC(N)=O. The zero-order valence-corrected chi connectivity index (χ0v) is 9.32. The highest BCUT2D eigenvalue weighted by molar-refractivity contribution is 7.17. The number of nitrogens with two attached hydrogens (primary N) is 1. The number of nitrogens with zero attached hydrogens (tertiary/aromatic N) is 2. The highest BCUT2D eigenvalue weighted by Gasteiger charge is 2.12. The van der Waals surface area contributed by atoms with Crippen LogP contribution in [-0.4, -0.2) is 16.1 Å². The van der Waals surface area contributed by atoms with Crippen LogP contribution in [0, 0.1) is 6.92 Å². The fourth-order valence-corrected chi connectivity index (χ4v) is 2.10. The molecule has 0 saturated carbocycles. The van der Waals surface area contributed by atoms with Gasteiger partial charge in [-0.3, -0.25) is 4.98 Å². The van der Waals surface area contributed by atoms with E-state index in [1.54, 1.807) is 19.3 Å². The summed E-state index contributed by atoms with van der Waals surface area (Å²) >= 11 is 1.27. The number of pyridine rings is 1. The average molecular weight is 235 g/mol. The molecule has 6 heteroatoms.